The maximum Gasteiger partial charge on any atom is 0.0471 e. The standard InChI is InChI=1S/C14H28N2O/c1-12(2)13-10-15-6-7-16(13)11-14(3)4-8-17-9-5-14/h12-13,15H,4-11H2,1-3H3. The van der Waals surface area contributed by atoms with Gasteiger partial charge in [0.25, 0.3) is 0 Å². The third-order valence-electron chi connectivity index (χ3n) is 4.45. The van der Waals surface area contributed by atoms with Gasteiger partial charge < -0.3 is 10.1 Å². The first kappa shape index (κ1) is 13.3. The number of ether oxygens (including phenoxy) is 1. The fourth-order valence-corrected chi connectivity index (χ4v) is 3.13. The van der Waals surface area contributed by atoms with E-state index in [9.17, 15) is 0 Å². The van der Waals surface area contributed by atoms with E-state index in [4.69, 9.17) is 4.74 Å². The van der Waals surface area contributed by atoms with Crippen LogP contribution in [-0.4, -0.2) is 50.3 Å². The molecule has 2 heterocycles. The SMILES string of the molecule is CC(C)C1CNCCN1CC1(C)CCOCC1. The van der Waals surface area contributed by atoms with Crippen molar-refractivity contribution in [2.45, 2.75) is 39.7 Å². The van der Waals surface area contributed by atoms with Crippen molar-refractivity contribution in [3.8, 4) is 0 Å². The smallest absolute Gasteiger partial charge is 0.0471 e. The molecule has 0 aromatic carbocycles. The molecular weight excluding hydrogens is 212 g/mol. The third kappa shape index (κ3) is 3.43. The summed E-state index contributed by atoms with van der Waals surface area (Å²) >= 11 is 0. The Kier molecular flexibility index (Phi) is 4.45. The highest BCUT2D eigenvalue weighted by molar-refractivity contribution is 4.88. The van der Waals surface area contributed by atoms with Gasteiger partial charge in [0.05, 0.1) is 0 Å². The van der Waals surface area contributed by atoms with Crippen LogP contribution in [0, 0.1) is 11.3 Å². The van der Waals surface area contributed by atoms with Gasteiger partial charge in [-0.25, -0.2) is 0 Å². The molecule has 0 amide bonds. The van der Waals surface area contributed by atoms with E-state index in [0.717, 1.165) is 32.2 Å². The first-order chi connectivity index (χ1) is 8.11. The van der Waals surface area contributed by atoms with Gasteiger partial charge in [0.1, 0.15) is 0 Å². The second-order valence-corrected chi connectivity index (χ2v) is 6.41. The predicted molar refractivity (Wildman–Crippen MR) is 71.2 cm³/mol. The summed E-state index contributed by atoms with van der Waals surface area (Å²) in [5.41, 5.74) is 0.475. The summed E-state index contributed by atoms with van der Waals surface area (Å²) in [6.45, 7) is 13.8. The predicted octanol–water partition coefficient (Wildman–Crippen LogP) is 1.73. The normalized spacial score (nSPS) is 30.7. The van der Waals surface area contributed by atoms with Crippen molar-refractivity contribution >= 4 is 0 Å². The Labute approximate surface area is 106 Å². The van der Waals surface area contributed by atoms with Crippen molar-refractivity contribution in [2.75, 3.05) is 39.4 Å². The molecular formula is C14H28N2O. The van der Waals surface area contributed by atoms with Crippen LogP contribution >= 0.6 is 0 Å². The number of nitrogens with zero attached hydrogens (tertiary/aromatic N) is 1. The molecule has 2 saturated heterocycles. The largest absolute Gasteiger partial charge is 0.381 e. The molecule has 0 bridgehead atoms. The minimum atomic E-state index is 0.475. The highest BCUT2D eigenvalue weighted by Gasteiger charge is 2.33. The molecule has 0 aromatic heterocycles. The van der Waals surface area contributed by atoms with Gasteiger partial charge in [-0.15, -0.1) is 0 Å². The molecule has 2 aliphatic heterocycles. The van der Waals surface area contributed by atoms with Crippen LogP contribution in [-0.2, 0) is 4.74 Å². The second kappa shape index (κ2) is 5.68. The second-order valence-electron chi connectivity index (χ2n) is 6.41. The molecule has 1 N–H and O–H groups in total. The van der Waals surface area contributed by atoms with Crippen LogP contribution < -0.4 is 5.32 Å². The van der Waals surface area contributed by atoms with Crippen LogP contribution in [0.4, 0.5) is 0 Å². The quantitative estimate of drug-likeness (QED) is 0.813. The third-order valence-corrected chi connectivity index (χ3v) is 4.45. The molecule has 2 fully saturated rings. The van der Waals surface area contributed by atoms with Crippen molar-refractivity contribution in [3.05, 3.63) is 0 Å². The van der Waals surface area contributed by atoms with Gasteiger partial charge in [-0.1, -0.05) is 20.8 Å². The minimum absolute atomic E-state index is 0.475. The highest BCUT2D eigenvalue weighted by atomic mass is 16.5. The summed E-state index contributed by atoms with van der Waals surface area (Å²) in [6.07, 6.45) is 2.45. The molecule has 2 aliphatic rings. The average Bonchev–Trinajstić information content (AvgIpc) is 2.29. The lowest BCUT2D eigenvalue weighted by molar-refractivity contribution is -0.0114. The van der Waals surface area contributed by atoms with E-state index in [-0.39, 0.29) is 0 Å². The van der Waals surface area contributed by atoms with Crippen LogP contribution in [0.2, 0.25) is 0 Å². The zero-order valence-electron chi connectivity index (χ0n) is 11.7. The lowest BCUT2D eigenvalue weighted by Crippen LogP contribution is -2.56. The van der Waals surface area contributed by atoms with Crippen molar-refractivity contribution in [1.29, 1.82) is 0 Å². The zero-order chi connectivity index (χ0) is 12.3. The van der Waals surface area contributed by atoms with Gasteiger partial charge in [0, 0.05) is 45.4 Å². The van der Waals surface area contributed by atoms with Crippen molar-refractivity contribution in [1.82, 2.24) is 10.2 Å². The maximum absolute atomic E-state index is 5.50. The Morgan fingerprint density at radius 3 is 2.71 bits per heavy atom. The molecule has 3 heteroatoms. The van der Waals surface area contributed by atoms with Crippen molar-refractivity contribution in [3.63, 3.8) is 0 Å². The molecule has 17 heavy (non-hydrogen) atoms. The Morgan fingerprint density at radius 1 is 1.35 bits per heavy atom. The van der Waals surface area contributed by atoms with Gasteiger partial charge in [0.15, 0.2) is 0 Å². The fourth-order valence-electron chi connectivity index (χ4n) is 3.13. The fraction of sp³-hybridized carbons (Fsp3) is 1.00. The maximum atomic E-state index is 5.50. The summed E-state index contributed by atoms with van der Waals surface area (Å²) < 4.78 is 5.50. The summed E-state index contributed by atoms with van der Waals surface area (Å²) in [6, 6.07) is 0.711. The molecule has 2 rings (SSSR count). The molecule has 0 aromatic rings. The van der Waals surface area contributed by atoms with Crippen LogP contribution in [0.3, 0.4) is 0 Å². The van der Waals surface area contributed by atoms with Gasteiger partial charge in [-0.05, 0) is 24.2 Å². The van der Waals surface area contributed by atoms with E-state index < -0.39 is 0 Å². The number of nitrogens with one attached hydrogen (secondary N) is 1. The molecule has 0 aliphatic carbocycles. The summed E-state index contributed by atoms with van der Waals surface area (Å²) in [7, 11) is 0. The van der Waals surface area contributed by atoms with Gasteiger partial charge in [-0.3, -0.25) is 4.90 Å². The number of rotatable bonds is 3. The van der Waals surface area contributed by atoms with Crippen molar-refractivity contribution in [2.24, 2.45) is 11.3 Å². The molecule has 1 atom stereocenters. The molecule has 0 radical (unpaired) electrons. The van der Waals surface area contributed by atoms with Crippen LogP contribution in [0.15, 0.2) is 0 Å². The van der Waals surface area contributed by atoms with Gasteiger partial charge in [0.2, 0.25) is 0 Å². The van der Waals surface area contributed by atoms with E-state index in [1.54, 1.807) is 0 Å². The zero-order valence-corrected chi connectivity index (χ0v) is 11.7. The van der Waals surface area contributed by atoms with Crippen molar-refractivity contribution < 1.29 is 4.74 Å². The Morgan fingerprint density at radius 2 is 2.06 bits per heavy atom. The van der Waals surface area contributed by atoms with E-state index in [0.29, 0.717) is 11.5 Å². The first-order valence-corrected chi connectivity index (χ1v) is 7.13. The Hall–Kier alpha value is -0.120. The van der Waals surface area contributed by atoms with Gasteiger partial charge >= 0.3 is 0 Å². The minimum Gasteiger partial charge on any atom is -0.381 e. The van der Waals surface area contributed by atoms with Gasteiger partial charge in [-0.2, -0.15) is 0 Å². The lowest BCUT2D eigenvalue weighted by atomic mass is 9.81. The Balaban J connectivity index is 1.94. The molecule has 0 spiro atoms. The Bertz CT molecular complexity index is 236. The van der Waals surface area contributed by atoms with Crippen LogP contribution in [0.5, 0.6) is 0 Å². The summed E-state index contributed by atoms with van der Waals surface area (Å²) in [5, 5.41) is 3.53. The molecule has 3 nitrogen and oxygen atoms in total. The monoisotopic (exact) mass is 240 g/mol. The lowest BCUT2D eigenvalue weighted by Gasteiger charge is -2.45. The van der Waals surface area contributed by atoms with Crippen LogP contribution in [0.25, 0.3) is 0 Å². The average molecular weight is 240 g/mol. The molecule has 1 unspecified atom stereocenters. The first-order valence-electron chi connectivity index (χ1n) is 7.13. The number of hydrogen-bond acceptors (Lipinski definition) is 3. The number of piperazine rings is 1. The highest BCUT2D eigenvalue weighted by Crippen LogP contribution is 2.32. The van der Waals surface area contributed by atoms with E-state index >= 15 is 0 Å². The number of hydrogen-bond donors (Lipinski definition) is 1. The summed E-state index contributed by atoms with van der Waals surface area (Å²) in [4.78, 5) is 2.71. The van der Waals surface area contributed by atoms with E-state index in [1.165, 1.54) is 25.9 Å². The van der Waals surface area contributed by atoms with Crippen LogP contribution in [0.1, 0.15) is 33.6 Å². The molecule has 0 saturated carbocycles. The van der Waals surface area contributed by atoms with E-state index in [2.05, 4.69) is 31.0 Å². The summed E-state index contributed by atoms with van der Waals surface area (Å²) in [5.74, 6) is 0.742. The molecule has 100 valence electrons. The topological polar surface area (TPSA) is 24.5 Å². The van der Waals surface area contributed by atoms with E-state index in [1.807, 2.05) is 0 Å².